The minimum atomic E-state index is -0.178. The average molecular weight is 442 g/mol. The van der Waals surface area contributed by atoms with E-state index in [1.807, 2.05) is 67.6 Å². The molecule has 3 aromatic carbocycles. The Hall–Kier alpha value is -3.60. The number of carbonyl (C=O) groups is 2. The molecular formula is C28H31N3O2. The lowest BCUT2D eigenvalue weighted by Gasteiger charge is -2.33. The van der Waals surface area contributed by atoms with E-state index in [4.69, 9.17) is 0 Å². The van der Waals surface area contributed by atoms with Gasteiger partial charge in [0.05, 0.1) is 5.56 Å². The Balaban J connectivity index is 1.58. The van der Waals surface area contributed by atoms with Gasteiger partial charge >= 0.3 is 0 Å². The third-order valence-corrected chi connectivity index (χ3v) is 6.31. The fourth-order valence-electron chi connectivity index (χ4n) is 4.22. The van der Waals surface area contributed by atoms with Gasteiger partial charge in [0.25, 0.3) is 11.8 Å². The first-order valence-electron chi connectivity index (χ1n) is 11.6. The second-order valence-electron chi connectivity index (χ2n) is 8.84. The molecule has 0 unspecified atom stereocenters. The second kappa shape index (κ2) is 10.3. The number of aryl methyl sites for hydroxylation is 1. The predicted octanol–water partition coefficient (Wildman–Crippen LogP) is 5.41. The van der Waals surface area contributed by atoms with Crippen molar-refractivity contribution in [1.29, 1.82) is 0 Å². The van der Waals surface area contributed by atoms with Crippen LogP contribution in [0.5, 0.6) is 0 Å². The lowest BCUT2D eigenvalue weighted by molar-refractivity contribution is 0.0950. The van der Waals surface area contributed by atoms with Crippen molar-refractivity contribution in [3.05, 3.63) is 95.1 Å². The first kappa shape index (κ1) is 22.6. The highest BCUT2D eigenvalue weighted by Crippen LogP contribution is 2.29. The zero-order valence-electron chi connectivity index (χ0n) is 19.3. The van der Waals surface area contributed by atoms with Crippen LogP contribution in [0.15, 0.2) is 72.8 Å². The largest absolute Gasteiger partial charge is 0.371 e. The van der Waals surface area contributed by atoms with Crippen LogP contribution in [0.1, 0.15) is 51.6 Å². The summed E-state index contributed by atoms with van der Waals surface area (Å²) in [6, 6.07) is 23.0. The summed E-state index contributed by atoms with van der Waals surface area (Å²) in [5.74, 6) is 0.382. The number of anilines is 2. The van der Waals surface area contributed by atoms with Crippen LogP contribution in [0.4, 0.5) is 11.4 Å². The van der Waals surface area contributed by atoms with Gasteiger partial charge < -0.3 is 15.5 Å². The van der Waals surface area contributed by atoms with E-state index < -0.39 is 0 Å². The van der Waals surface area contributed by atoms with Crippen LogP contribution in [-0.4, -0.2) is 24.9 Å². The SMILES string of the molecule is Cc1ccccc1C(=O)Nc1ccc(N2CCC(C)CC2)c(C(=O)NCc2ccccc2)c1. The smallest absolute Gasteiger partial charge is 0.255 e. The molecule has 170 valence electrons. The van der Waals surface area contributed by atoms with E-state index in [1.165, 1.54) is 0 Å². The highest BCUT2D eigenvalue weighted by atomic mass is 16.2. The molecule has 1 heterocycles. The quantitative estimate of drug-likeness (QED) is 0.537. The Morgan fingerprint density at radius 1 is 0.879 bits per heavy atom. The van der Waals surface area contributed by atoms with Gasteiger partial charge in [-0.15, -0.1) is 0 Å². The van der Waals surface area contributed by atoms with Gasteiger partial charge in [0.1, 0.15) is 0 Å². The average Bonchev–Trinajstić information content (AvgIpc) is 2.84. The topological polar surface area (TPSA) is 61.4 Å². The standard InChI is InChI=1S/C28H31N3O2/c1-20-14-16-31(17-15-20)26-13-12-23(30-28(33)24-11-7-6-8-21(24)2)18-25(26)27(32)29-19-22-9-4-3-5-10-22/h3-13,18,20H,14-17,19H2,1-2H3,(H,29,32)(H,30,33). The van der Waals surface area contributed by atoms with Crippen molar-refractivity contribution < 1.29 is 9.59 Å². The molecule has 5 heteroatoms. The number of nitrogens with one attached hydrogen (secondary N) is 2. The molecular weight excluding hydrogens is 410 g/mol. The van der Waals surface area contributed by atoms with Crippen LogP contribution >= 0.6 is 0 Å². The maximum absolute atomic E-state index is 13.3. The lowest BCUT2D eigenvalue weighted by Crippen LogP contribution is -2.35. The number of hydrogen-bond acceptors (Lipinski definition) is 3. The molecule has 0 saturated carbocycles. The van der Waals surface area contributed by atoms with Gasteiger partial charge in [-0.2, -0.15) is 0 Å². The molecule has 0 atom stereocenters. The molecule has 33 heavy (non-hydrogen) atoms. The van der Waals surface area contributed by atoms with E-state index in [1.54, 1.807) is 12.1 Å². The van der Waals surface area contributed by atoms with E-state index in [-0.39, 0.29) is 11.8 Å². The van der Waals surface area contributed by atoms with Crippen LogP contribution in [-0.2, 0) is 6.54 Å². The minimum absolute atomic E-state index is 0.139. The number of amides is 2. The summed E-state index contributed by atoms with van der Waals surface area (Å²) >= 11 is 0. The normalized spacial score (nSPS) is 14.1. The fourth-order valence-corrected chi connectivity index (χ4v) is 4.22. The van der Waals surface area contributed by atoms with Crippen LogP contribution < -0.4 is 15.5 Å². The van der Waals surface area contributed by atoms with Crippen molar-refractivity contribution in [2.24, 2.45) is 5.92 Å². The Labute approximate surface area is 195 Å². The number of nitrogens with zero attached hydrogens (tertiary/aromatic N) is 1. The van der Waals surface area contributed by atoms with Crippen molar-refractivity contribution in [1.82, 2.24) is 5.32 Å². The molecule has 0 bridgehead atoms. The number of rotatable bonds is 6. The third-order valence-electron chi connectivity index (χ3n) is 6.31. The number of benzene rings is 3. The molecule has 3 aromatic rings. The molecule has 0 radical (unpaired) electrons. The first-order valence-corrected chi connectivity index (χ1v) is 11.6. The number of piperidine rings is 1. The van der Waals surface area contributed by atoms with Crippen molar-refractivity contribution in [3.63, 3.8) is 0 Å². The molecule has 2 amide bonds. The highest BCUT2D eigenvalue weighted by Gasteiger charge is 2.22. The van der Waals surface area contributed by atoms with Gasteiger partial charge in [-0.05, 0) is 61.1 Å². The molecule has 4 rings (SSSR count). The predicted molar refractivity (Wildman–Crippen MR) is 134 cm³/mol. The molecule has 2 N–H and O–H groups in total. The summed E-state index contributed by atoms with van der Waals surface area (Å²) in [6.07, 6.45) is 2.22. The summed E-state index contributed by atoms with van der Waals surface area (Å²) in [5.41, 5.74) is 4.70. The van der Waals surface area contributed by atoms with Crippen molar-refractivity contribution in [2.75, 3.05) is 23.3 Å². The van der Waals surface area contributed by atoms with Gasteiger partial charge in [0.15, 0.2) is 0 Å². The van der Waals surface area contributed by atoms with Gasteiger partial charge in [-0.25, -0.2) is 0 Å². The van der Waals surface area contributed by atoms with Crippen molar-refractivity contribution in [3.8, 4) is 0 Å². The molecule has 0 aliphatic carbocycles. The number of carbonyl (C=O) groups excluding carboxylic acids is 2. The highest BCUT2D eigenvalue weighted by molar-refractivity contribution is 6.07. The fraction of sp³-hybridized carbons (Fsp3) is 0.286. The maximum Gasteiger partial charge on any atom is 0.255 e. The maximum atomic E-state index is 13.3. The van der Waals surface area contributed by atoms with Crippen LogP contribution in [0.25, 0.3) is 0 Å². The van der Waals surface area contributed by atoms with E-state index in [2.05, 4.69) is 22.5 Å². The van der Waals surface area contributed by atoms with Crippen LogP contribution in [0, 0.1) is 12.8 Å². The van der Waals surface area contributed by atoms with Crippen LogP contribution in [0.2, 0.25) is 0 Å². The van der Waals surface area contributed by atoms with Gasteiger partial charge in [-0.1, -0.05) is 55.5 Å². The molecule has 1 aliphatic rings. The molecule has 0 spiro atoms. The first-order chi connectivity index (χ1) is 16.0. The number of hydrogen-bond donors (Lipinski definition) is 2. The Bertz CT molecular complexity index is 1120. The van der Waals surface area contributed by atoms with Crippen LogP contribution in [0.3, 0.4) is 0 Å². The summed E-state index contributed by atoms with van der Waals surface area (Å²) in [5, 5.41) is 6.01. The Kier molecular flexibility index (Phi) is 7.08. The van der Waals surface area contributed by atoms with Gasteiger partial charge in [0, 0.05) is 36.6 Å². The summed E-state index contributed by atoms with van der Waals surface area (Å²) in [4.78, 5) is 28.4. The van der Waals surface area contributed by atoms with E-state index in [0.717, 1.165) is 42.7 Å². The van der Waals surface area contributed by atoms with Crippen molar-refractivity contribution in [2.45, 2.75) is 33.2 Å². The second-order valence-corrected chi connectivity index (χ2v) is 8.84. The van der Waals surface area contributed by atoms with Gasteiger partial charge in [-0.3, -0.25) is 9.59 Å². The molecule has 1 fully saturated rings. The minimum Gasteiger partial charge on any atom is -0.371 e. The van der Waals surface area contributed by atoms with Gasteiger partial charge in [0.2, 0.25) is 0 Å². The zero-order chi connectivity index (χ0) is 23.2. The summed E-state index contributed by atoms with van der Waals surface area (Å²) in [7, 11) is 0. The zero-order valence-corrected chi connectivity index (χ0v) is 19.3. The molecule has 0 aromatic heterocycles. The third kappa shape index (κ3) is 5.61. The monoisotopic (exact) mass is 441 g/mol. The van der Waals surface area contributed by atoms with E-state index in [0.29, 0.717) is 29.3 Å². The Morgan fingerprint density at radius 2 is 1.58 bits per heavy atom. The molecule has 1 aliphatic heterocycles. The molecule has 1 saturated heterocycles. The Morgan fingerprint density at radius 3 is 2.30 bits per heavy atom. The van der Waals surface area contributed by atoms with E-state index >= 15 is 0 Å². The lowest BCUT2D eigenvalue weighted by atomic mass is 9.97. The summed E-state index contributed by atoms with van der Waals surface area (Å²) < 4.78 is 0. The van der Waals surface area contributed by atoms with Crippen molar-refractivity contribution >= 4 is 23.2 Å². The molecule has 5 nitrogen and oxygen atoms in total. The summed E-state index contributed by atoms with van der Waals surface area (Å²) in [6.45, 7) is 6.49. The van der Waals surface area contributed by atoms with E-state index in [9.17, 15) is 9.59 Å².